The molecule has 0 aliphatic heterocycles. The first-order chi connectivity index (χ1) is 8.29. The number of aromatic nitrogens is 1. The second-order valence-electron chi connectivity index (χ2n) is 4.15. The van der Waals surface area contributed by atoms with Crippen molar-refractivity contribution in [2.45, 2.75) is 33.4 Å². The lowest BCUT2D eigenvalue weighted by molar-refractivity contribution is 0.682. The molecule has 2 aromatic rings. The summed E-state index contributed by atoms with van der Waals surface area (Å²) in [5.41, 5.74) is 3.77. The molecule has 2 heterocycles. The molecule has 0 aliphatic carbocycles. The van der Waals surface area contributed by atoms with Gasteiger partial charge in [-0.2, -0.15) is 0 Å². The van der Waals surface area contributed by atoms with Crippen molar-refractivity contribution in [3.63, 3.8) is 0 Å². The maximum Gasteiger partial charge on any atom is 0.0541 e. The minimum absolute atomic E-state index is 0.835. The van der Waals surface area contributed by atoms with Gasteiger partial charge >= 0.3 is 0 Å². The van der Waals surface area contributed by atoms with Crippen LogP contribution in [0.25, 0.3) is 0 Å². The second-order valence-corrected chi connectivity index (χ2v) is 5.15. The van der Waals surface area contributed by atoms with Gasteiger partial charge in [-0.25, -0.2) is 0 Å². The Morgan fingerprint density at radius 1 is 1.24 bits per heavy atom. The Morgan fingerprint density at radius 2 is 2.12 bits per heavy atom. The maximum absolute atomic E-state index is 4.38. The Morgan fingerprint density at radius 3 is 2.82 bits per heavy atom. The third-order valence-corrected chi connectivity index (χ3v) is 3.75. The summed E-state index contributed by atoms with van der Waals surface area (Å²) in [6.07, 6.45) is 3.03. The highest BCUT2D eigenvalue weighted by Gasteiger charge is 2.01. The minimum Gasteiger partial charge on any atom is -0.306 e. The smallest absolute Gasteiger partial charge is 0.0541 e. The molecule has 0 atom stereocenters. The first kappa shape index (κ1) is 12.3. The summed E-state index contributed by atoms with van der Waals surface area (Å²) in [4.78, 5) is 5.82. The van der Waals surface area contributed by atoms with Gasteiger partial charge in [0.1, 0.15) is 0 Å². The summed E-state index contributed by atoms with van der Waals surface area (Å²) in [6, 6.07) is 6.40. The molecule has 2 aromatic heterocycles. The molecule has 0 aliphatic rings. The van der Waals surface area contributed by atoms with Gasteiger partial charge in [-0.15, -0.1) is 11.3 Å². The monoisotopic (exact) mass is 246 g/mol. The van der Waals surface area contributed by atoms with E-state index in [-0.39, 0.29) is 0 Å². The predicted octanol–water partition coefficient (Wildman–Crippen LogP) is 3.30. The van der Waals surface area contributed by atoms with Crippen LogP contribution in [0.5, 0.6) is 0 Å². The predicted molar refractivity (Wildman–Crippen MR) is 73.2 cm³/mol. The molecule has 0 spiro atoms. The minimum atomic E-state index is 0.835. The number of rotatable bonds is 5. The van der Waals surface area contributed by atoms with Gasteiger partial charge in [-0.3, -0.25) is 4.98 Å². The largest absolute Gasteiger partial charge is 0.306 e. The number of hydrogen-bond acceptors (Lipinski definition) is 3. The van der Waals surface area contributed by atoms with E-state index in [9.17, 15) is 0 Å². The van der Waals surface area contributed by atoms with Crippen LogP contribution in [0.4, 0.5) is 0 Å². The number of nitrogens with one attached hydrogen (secondary N) is 1. The highest BCUT2D eigenvalue weighted by molar-refractivity contribution is 7.10. The molecule has 0 unspecified atom stereocenters. The third-order valence-electron chi connectivity index (χ3n) is 2.78. The number of pyridine rings is 1. The molecule has 0 aromatic carbocycles. The summed E-state index contributed by atoms with van der Waals surface area (Å²) in [5.74, 6) is 0. The van der Waals surface area contributed by atoms with E-state index in [1.54, 1.807) is 0 Å². The van der Waals surface area contributed by atoms with Crippen molar-refractivity contribution < 1.29 is 0 Å². The Hall–Kier alpha value is -1.19. The van der Waals surface area contributed by atoms with Crippen molar-refractivity contribution in [2.24, 2.45) is 0 Å². The summed E-state index contributed by atoms with van der Waals surface area (Å²) in [6.45, 7) is 6.04. The molecule has 0 bridgehead atoms. The van der Waals surface area contributed by atoms with E-state index in [1.807, 2.05) is 17.5 Å². The van der Waals surface area contributed by atoms with Gasteiger partial charge < -0.3 is 5.32 Å². The van der Waals surface area contributed by atoms with E-state index in [4.69, 9.17) is 0 Å². The van der Waals surface area contributed by atoms with E-state index in [1.165, 1.54) is 16.0 Å². The molecule has 90 valence electrons. The van der Waals surface area contributed by atoms with E-state index in [0.717, 1.165) is 25.2 Å². The molecule has 1 N–H and O–H groups in total. The van der Waals surface area contributed by atoms with E-state index < -0.39 is 0 Å². The quantitative estimate of drug-likeness (QED) is 0.875. The Labute approximate surface area is 107 Å². The normalized spacial score (nSPS) is 10.7. The molecular formula is C14H18N2S. The third kappa shape index (κ3) is 3.38. The van der Waals surface area contributed by atoms with Crippen LogP contribution in [-0.2, 0) is 19.5 Å². The van der Waals surface area contributed by atoms with Crippen LogP contribution in [0.15, 0.2) is 29.8 Å². The summed E-state index contributed by atoms with van der Waals surface area (Å²) in [7, 11) is 0. The van der Waals surface area contributed by atoms with Gasteiger partial charge in [-0.1, -0.05) is 13.0 Å². The van der Waals surface area contributed by atoms with Crippen molar-refractivity contribution >= 4 is 11.3 Å². The summed E-state index contributed by atoms with van der Waals surface area (Å²) < 4.78 is 0. The maximum atomic E-state index is 4.38. The molecule has 0 amide bonds. The van der Waals surface area contributed by atoms with Crippen LogP contribution in [0.2, 0.25) is 0 Å². The Balaban J connectivity index is 1.85. The molecule has 2 rings (SSSR count). The summed E-state index contributed by atoms with van der Waals surface area (Å²) in [5, 5.41) is 5.61. The SMILES string of the molecule is CCc1ccsc1CNCc1ccc(C)cn1. The van der Waals surface area contributed by atoms with Crippen LogP contribution < -0.4 is 5.32 Å². The van der Waals surface area contributed by atoms with Crippen molar-refractivity contribution in [1.29, 1.82) is 0 Å². The number of thiophene rings is 1. The highest BCUT2D eigenvalue weighted by Crippen LogP contribution is 2.16. The van der Waals surface area contributed by atoms with E-state index in [0.29, 0.717) is 0 Å². The lowest BCUT2D eigenvalue weighted by Crippen LogP contribution is -2.13. The van der Waals surface area contributed by atoms with Gasteiger partial charge in [0.2, 0.25) is 0 Å². The summed E-state index contributed by atoms with van der Waals surface area (Å²) >= 11 is 1.83. The Bertz CT molecular complexity index is 459. The first-order valence-corrected chi connectivity index (χ1v) is 6.85. The lowest BCUT2D eigenvalue weighted by atomic mass is 10.2. The lowest BCUT2D eigenvalue weighted by Gasteiger charge is -2.05. The van der Waals surface area contributed by atoms with Crippen molar-refractivity contribution in [2.75, 3.05) is 0 Å². The second kappa shape index (κ2) is 5.94. The molecule has 0 saturated carbocycles. The zero-order chi connectivity index (χ0) is 12.1. The number of hydrogen-bond donors (Lipinski definition) is 1. The van der Waals surface area contributed by atoms with Gasteiger partial charge in [0.25, 0.3) is 0 Å². The standard InChI is InChI=1S/C14H18N2S/c1-3-12-6-7-17-14(12)10-15-9-13-5-4-11(2)8-16-13/h4-8,15H,3,9-10H2,1-2H3. The van der Waals surface area contributed by atoms with Crippen LogP contribution in [-0.4, -0.2) is 4.98 Å². The highest BCUT2D eigenvalue weighted by atomic mass is 32.1. The average Bonchev–Trinajstić information content (AvgIpc) is 2.79. The van der Waals surface area contributed by atoms with Crippen LogP contribution in [0, 0.1) is 6.92 Å². The molecular weight excluding hydrogens is 228 g/mol. The fraction of sp³-hybridized carbons (Fsp3) is 0.357. The first-order valence-electron chi connectivity index (χ1n) is 5.97. The molecule has 0 fully saturated rings. The topological polar surface area (TPSA) is 24.9 Å². The molecule has 0 radical (unpaired) electrons. The molecule has 0 saturated heterocycles. The number of aryl methyl sites for hydroxylation is 2. The molecule has 3 heteroatoms. The molecule has 17 heavy (non-hydrogen) atoms. The Kier molecular flexibility index (Phi) is 4.29. The fourth-order valence-electron chi connectivity index (χ4n) is 1.74. The van der Waals surface area contributed by atoms with Gasteiger partial charge in [0.15, 0.2) is 0 Å². The van der Waals surface area contributed by atoms with Crippen LogP contribution in [0.3, 0.4) is 0 Å². The van der Waals surface area contributed by atoms with Gasteiger partial charge in [0.05, 0.1) is 5.69 Å². The van der Waals surface area contributed by atoms with Gasteiger partial charge in [0, 0.05) is 24.2 Å². The zero-order valence-electron chi connectivity index (χ0n) is 10.4. The van der Waals surface area contributed by atoms with Crippen LogP contribution >= 0.6 is 11.3 Å². The van der Waals surface area contributed by atoms with Gasteiger partial charge in [-0.05, 0) is 42.0 Å². The van der Waals surface area contributed by atoms with Crippen molar-refractivity contribution in [3.8, 4) is 0 Å². The fourth-order valence-corrected chi connectivity index (χ4v) is 2.69. The van der Waals surface area contributed by atoms with Crippen molar-refractivity contribution in [1.82, 2.24) is 10.3 Å². The number of nitrogens with zero attached hydrogens (tertiary/aromatic N) is 1. The molecule has 2 nitrogen and oxygen atoms in total. The van der Waals surface area contributed by atoms with E-state index >= 15 is 0 Å². The average molecular weight is 246 g/mol. The van der Waals surface area contributed by atoms with Crippen LogP contribution in [0.1, 0.15) is 28.6 Å². The van der Waals surface area contributed by atoms with Crippen molar-refractivity contribution in [3.05, 3.63) is 51.5 Å². The van der Waals surface area contributed by atoms with E-state index in [2.05, 4.69) is 47.7 Å². The zero-order valence-corrected chi connectivity index (χ0v) is 11.2.